The summed E-state index contributed by atoms with van der Waals surface area (Å²) in [4.78, 5) is 14.1. The van der Waals surface area contributed by atoms with E-state index in [1.54, 1.807) is 12.1 Å². The van der Waals surface area contributed by atoms with E-state index in [2.05, 4.69) is 17.1 Å². The molecule has 1 atom stereocenters. The quantitative estimate of drug-likeness (QED) is 0.644. The van der Waals surface area contributed by atoms with E-state index in [0.29, 0.717) is 17.3 Å². The number of esters is 1. The average molecular weight is 291 g/mol. The van der Waals surface area contributed by atoms with Crippen LogP contribution in [-0.2, 0) is 4.74 Å². The molecule has 0 saturated carbocycles. The predicted octanol–water partition coefficient (Wildman–Crippen LogP) is 2.34. The third-order valence-electron chi connectivity index (χ3n) is 3.85. The van der Waals surface area contributed by atoms with Gasteiger partial charge in [-0.3, -0.25) is 0 Å². The van der Waals surface area contributed by atoms with Gasteiger partial charge in [0.05, 0.1) is 12.7 Å². The van der Waals surface area contributed by atoms with Crippen molar-refractivity contribution in [2.45, 2.75) is 32.2 Å². The number of ether oxygens (including phenoxy) is 1. The van der Waals surface area contributed by atoms with Crippen molar-refractivity contribution in [1.29, 1.82) is 0 Å². The number of hydrogen-bond acceptors (Lipinski definition) is 5. The van der Waals surface area contributed by atoms with Crippen LogP contribution in [-0.4, -0.2) is 43.7 Å². The van der Waals surface area contributed by atoms with Crippen LogP contribution in [0.5, 0.6) is 0 Å². The topological polar surface area (TPSA) is 67.6 Å². The number of nitrogens with zero attached hydrogens (tertiary/aromatic N) is 1. The second kappa shape index (κ2) is 7.31. The number of benzene rings is 1. The van der Waals surface area contributed by atoms with E-state index in [-0.39, 0.29) is 0 Å². The smallest absolute Gasteiger partial charge is 0.340 e. The van der Waals surface area contributed by atoms with Crippen LogP contribution in [0.2, 0.25) is 0 Å². The Kier molecular flexibility index (Phi) is 5.44. The van der Waals surface area contributed by atoms with E-state index >= 15 is 0 Å². The van der Waals surface area contributed by atoms with Gasteiger partial charge in [0.2, 0.25) is 0 Å². The zero-order chi connectivity index (χ0) is 15.2. The largest absolute Gasteiger partial charge is 0.465 e. The number of anilines is 2. The molecular formula is C16H25N3O2. The van der Waals surface area contributed by atoms with Gasteiger partial charge in [-0.15, -0.1) is 0 Å². The van der Waals surface area contributed by atoms with E-state index in [1.807, 2.05) is 6.07 Å². The first kappa shape index (κ1) is 15.6. The van der Waals surface area contributed by atoms with Crippen LogP contribution in [0, 0.1) is 0 Å². The highest BCUT2D eigenvalue weighted by molar-refractivity contribution is 5.96. The highest BCUT2D eigenvalue weighted by atomic mass is 16.5. The van der Waals surface area contributed by atoms with Crippen LogP contribution in [0.3, 0.4) is 0 Å². The van der Waals surface area contributed by atoms with Crippen LogP contribution in [0.4, 0.5) is 11.4 Å². The van der Waals surface area contributed by atoms with Gasteiger partial charge in [-0.05, 0) is 51.1 Å². The average Bonchev–Trinajstić information content (AvgIpc) is 2.49. The number of nitrogen functional groups attached to an aromatic ring is 1. The molecular weight excluding hydrogens is 266 g/mol. The summed E-state index contributed by atoms with van der Waals surface area (Å²) in [5.41, 5.74) is 7.56. The number of carbonyl (C=O) groups is 1. The van der Waals surface area contributed by atoms with Crippen LogP contribution >= 0.6 is 0 Å². The van der Waals surface area contributed by atoms with E-state index in [0.717, 1.165) is 12.2 Å². The maximum Gasteiger partial charge on any atom is 0.340 e. The van der Waals surface area contributed by atoms with Crippen molar-refractivity contribution < 1.29 is 9.53 Å². The minimum absolute atomic E-state index is 0.317. The molecule has 1 heterocycles. The number of carbonyl (C=O) groups excluding carboxylic acids is 1. The molecule has 1 saturated heterocycles. The van der Waals surface area contributed by atoms with Gasteiger partial charge in [-0.2, -0.15) is 0 Å². The van der Waals surface area contributed by atoms with Gasteiger partial charge in [0.25, 0.3) is 0 Å². The van der Waals surface area contributed by atoms with Gasteiger partial charge in [-0.25, -0.2) is 4.79 Å². The normalized spacial score (nSPS) is 17.2. The Balaban J connectivity index is 1.96. The maximum absolute atomic E-state index is 11.7. The maximum atomic E-state index is 11.7. The van der Waals surface area contributed by atoms with Crippen LogP contribution in [0.1, 0.15) is 36.5 Å². The molecule has 1 aliphatic rings. The number of piperidine rings is 1. The highest BCUT2D eigenvalue weighted by Crippen LogP contribution is 2.20. The Morgan fingerprint density at radius 1 is 1.38 bits per heavy atom. The van der Waals surface area contributed by atoms with Crippen molar-refractivity contribution in [3.05, 3.63) is 23.8 Å². The summed E-state index contributed by atoms with van der Waals surface area (Å²) >= 11 is 0. The fraction of sp³-hybridized carbons (Fsp3) is 0.562. The number of methoxy groups -OCH3 is 1. The van der Waals surface area contributed by atoms with Crippen molar-refractivity contribution in [3.63, 3.8) is 0 Å². The van der Waals surface area contributed by atoms with Crippen molar-refractivity contribution in [2.75, 3.05) is 37.8 Å². The first-order chi connectivity index (χ1) is 10.1. The monoisotopic (exact) mass is 291 g/mol. The van der Waals surface area contributed by atoms with E-state index in [1.165, 1.54) is 39.5 Å². The third-order valence-corrected chi connectivity index (χ3v) is 3.85. The predicted molar refractivity (Wildman–Crippen MR) is 85.6 cm³/mol. The van der Waals surface area contributed by atoms with Gasteiger partial charge >= 0.3 is 5.97 Å². The Morgan fingerprint density at radius 3 is 2.76 bits per heavy atom. The number of hydrogen-bond donors (Lipinski definition) is 2. The summed E-state index contributed by atoms with van der Waals surface area (Å²) < 4.78 is 4.74. The van der Waals surface area contributed by atoms with Gasteiger partial charge in [-0.1, -0.05) is 6.42 Å². The summed E-state index contributed by atoms with van der Waals surface area (Å²) in [6.45, 7) is 5.53. The molecule has 1 fully saturated rings. The lowest BCUT2D eigenvalue weighted by atomic mass is 10.1. The Hall–Kier alpha value is -1.75. The highest BCUT2D eigenvalue weighted by Gasteiger charge is 2.15. The van der Waals surface area contributed by atoms with E-state index in [4.69, 9.17) is 10.5 Å². The molecule has 0 aliphatic carbocycles. The zero-order valence-corrected chi connectivity index (χ0v) is 12.9. The molecule has 3 N–H and O–H groups in total. The van der Waals surface area contributed by atoms with E-state index < -0.39 is 5.97 Å². The second-order valence-electron chi connectivity index (χ2n) is 5.70. The van der Waals surface area contributed by atoms with Gasteiger partial charge < -0.3 is 20.7 Å². The van der Waals surface area contributed by atoms with Crippen LogP contribution in [0.15, 0.2) is 18.2 Å². The molecule has 0 amide bonds. The lowest BCUT2D eigenvalue weighted by Gasteiger charge is -2.29. The lowest BCUT2D eigenvalue weighted by molar-refractivity contribution is 0.0602. The molecule has 0 radical (unpaired) electrons. The standard InChI is InChI=1S/C16H25N3O2/c1-12(11-19-8-4-3-5-9-19)18-13-6-7-15(17)14(10-13)16(20)21-2/h6-7,10,12,18H,3-5,8-9,11,17H2,1-2H3. The van der Waals surface area contributed by atoms with Crippen molar-refractivity contribution in [2.24, 2.45) is 0 Å². The summed E-state index contributed by atoms with van der Waals surface area (Å²) in [5, 5.41) is 3.43. The zero-order valence-electron chi connectivity index (χ0n) is 12.9. The number of nitrogens with one attached hydrogen (secondary N) is 1. The molecule has 5 heteroatoms. The Labute approximate surface area is 126 Å². The molecule has 1 aromatic rings. The van der Waals surface area contributed by atoms with Crippen molar-refractivity contribution in [1.82, 2.24) is 4.90 Å². The molecule has 1 aliphatic heterocycles. The lowest BCUT2D eigenvalue weighted by Crippen LogP contribution is -2.38. The molecule has 2 rings (SSSR count). The van der Waals surface area contributed by atoms with Gasteiger partial charge in [0.15, 0.2) is 0 Å². The SMILES string of the molecule is COC(=O)c1cc(NC(C)CN2CCCCC2)ccc1N. The fourth-order valence-electron chi connectivity index (χ4n) is 2.79. The molecule has 116 valence electrons. The van der Waals surface area contributed by atoms with E-state index in [9.17, 15) is 4.79 Å². The second-order valence-corrected chi connectivity index (χ2v) is 5.70. The summed E-state index contributed by atoms with van der Waals surface area (Å²) in [5.74, 6) is -0.403. The molecule has 5 nitrogen and oxygen atoms in total. The number of nitrogens with two attached hydrogens (primary N) is 1. The Morgan fingerprint density at radius 2 is 2.10 bits per heavy atom. The Bertz CT molecular complexity index is 484. The molecule has 0 spiro atoms. The van der Waals surface area contributed by atoms with Crippen molar-refractivity contribution in [3.8, 4) is 0 Å². The summed E-state index contributed by atoms with van der Waals surface area (Å²) in [7, 11) is 1.36. The van der Waals surface area contributed by atoms with Crippen molar-refractivity contribution >= 4 is 17.3 Å². The molecule has 0 bridgehead atoms. The number of likely N-dealkylation sites (tertiary alicyclic amines) is 1. The molecule has 0 aromatic heterocycles. The van der Waals surface area contributed by atoms with Crippen LogP contribution < -0.4 is 11.1 Å². The first-order valence-corrected chi connectivity index (χ1v) is 7.57. The fourth-order valence-corrected chi connectivity index (χ4v) is 2.79. The first-order valence-electron chi connectivity index (χ1n) is 7.57. The van der Waals surface area contributed by atoms with Gasteiger partial charge in [0, 0.05) is 24.0 Å². The molecule has 1 aromatic carbocycles. The number of rotatable bonds is 5. The minimum Gasteiger partial charge on any atom is -0.465 e. The summed E-state index contributed by atoms with van der Waals surface area (Å²) in [6.07, 6.45) is 3.93. The minimum atomic E-state index is -0.403. The van der Waals surface area contributed by atoms with Crippen LogP contribution in [0.25, 0.3) is 0 Å². The molecule has 21 heavy (non-hydrogen) atoms. The third kappa shape index (κ3) is 4.36. The summed E-state index contributed by atoms with van der Waals surface area (Å²) in [6, 6.07) is 5.71. The van der Waals surface area contributed by atoms with Gasteiger partial charge in [0.1, 0.15) is 0 Å². The molecule has 1 unspecified atom stereocenters.